The predicted molar refractivity (Wildman–Crippen MR) is 143 cm³/mol. The summed E-state index contributed by atoms with van der Waals surface area (Å²) in [5, 5.41) is 4.17. The smallest absolute Gasteiger partial charge is 0.359 e. The quantitative estimate of drug-likeness (QED) is 0.272. The highest BCUT2D eigenvalue weighted by Crippen LogP contribution is 2.40. The average molecular weight is 585 g/mol. The molecule has 3 rings (SSSR count). The lowest BCUT2D eigenvalue weighted by Gasteiger charge is -2.15. The van der Waals surface area contributed by atoms with Crippen LogP contribution in [-0.2, 0) is 14.9 Å². The number of rotatable bonds is 8. The molecule has 0 atom stereocenters. The highest BCUT2D eigenvalue weighted by Gasteiger charge is 2.25. The van der Waals surface area contributed by atoms with Crippen LogP contribution in [-0.4, -0.2) is 17.6 Å². The Kier molecular flexibility index (Phi) is 8.21. The number of aromatic nitrogens is 1. The zero-order valence-electron chi connectivity index (χ0n) is 19.2. The fourth-order valence-electron chi connectivity index (χ4n) is 3.20. The molecule has 8 heteroatoms. The normalized spacial score (nSPS) is 11.6. The fourth-order valence-corrected chi connectivity index (χ4v) is 5.82. The van der Waals surface area contributed by atoms with Gasteiger partial charge in [0.15, 0.2) is 28.1 Å². The Labute approximate surface area is 212 Å². The number of halogens is 1. The zero-order chi connectivity index (χ0) is 23.5. The van der Waals surface area contributed by atoms with Gasteiger partial charge in [-0.15, -0.1) is 22.7 Å². The molecule has 0 fully saturated rings. The second-order valence-electron chi connectivity index (χ2n) is 8.94. The number of nitrogens with one attached hydrogen (secondary N) is 1. The van der Waals surface area contributed by atoms with Crippen molar-refractivity contribution in [3.63, 3.8) is 0 Å². The molecule has 1 N–H and O–H groups in total. The molecule has 2 heterocycles. The van der Waals surface area contributed by atoms with Crippen LogP contribution >= 0.6 is 45.7 Å². The fraction of sp³-hybridized carbons (Fsp3) is 0.417. The van der Waals surface area contributed by atoms with Crippen LogP contribution < -0.4 is 10.1 Å². The van der Waals surface area contributed by atoms with Crippen molar-refractivity contribution in [1.29, 1.82) is 0 Å². The van der Waals surface area contributed by atoms with Gasteiger partial charge in [-0.3, -0.25) is 0 Å². The first-order chi connectivity index (χ1) is 15.1. The monoisotopic (exact) mass is 584 g/mol. The van der Waals surface area contributed by atoms with Gasteiger partial charge in [0.25, 0.3) is 0 Å². The third kappa shape index (κ3) is 6.02. The molecule has 2 aromatic heterocycles. The molecule has 0 amide bonds. The number of hydrogen-bond acceptors (Lipinski definition) is 7. The Bertz CT molecular complexity index is 1080. The number of anilines is 2. The van der Waals surface area contributed by atoms with Crippen molar-refractivity contribution in [1.82, 2.24) is 4.98 Å². The van der Waals surface area contributed by atoms with Crippen LogP contribution in [0.3, 0.4) is 0 Å². The minimum atomic E-state index is -0.350. The van der Waals surface area contributed by atoms with Crippen LogP contribution in [0.15, 0.2) is 30.3 Å². The second kappa shape index (κ2) is 10.5. The molecule has 0 aliphatic heterocycles. The standard InChI is InChI=1S/C24H29IN2O3S2/c1-7-29-16-10-8-9-15(12-16)20-18(11-14(2)3)31-23(27-20)26-17-13-19(24(4,5)6)32-21(17)22(28)30-25/h8-10,12-14H,7,11H2,1-6H3,(H,26,27). The van der Waals surface area contributed by atoms with Crippen molar-refractivity contribution in [2.24, 2.45) is 5.92 Å². The summed E-state index contributed by atoms with van der Waals surface area (Å²) in [5.74, 6) is 0.982. The summed E-state index contributed by atoms with van der Waals surface area (Å²) in [5.41, 5.74) is 2.66. The molecule has 0 bridgehead atoms. The Balaban J connectivity index is 2.02. The predicted octanol–water partition coefficient (Wildman–Crippen LogP) is 8.02. The molecular weight excluding hydrogens is 555 g/mol. The third-order valence-electron chi connectivity index (χ3n) is 4.68. The van der Waals surface area contributed by atoms with Gasteiger partial charge in [0.1, 0.15) is 10.6 Å². The average Bonchev–Trinajstić information content (AvgIpc) is 3.32. The van der Waals surface area contributed by atoms with Gasteiger partial charge in [0, 0.05) is 15.3 Å². The van der Waals surface area contributed by atoms with Crippen molar-refractivity contribution in [2.45, 2.75) is 53.4 Å². The number of thiophene rings is 1. The molecule has 5 nitrogen and oxygen atoms in total. The first-order valence-electron chi connectivity index (χ1n) is 10.6. The Morgan fingerprint density at radius 1 is 1.22 bits per heavy atom. The molecule has 0 unspecified atom stereocenters. The van der Waals surface area contributed by atoms with Gasteiger partial charge in [-0.2, -0.15) is 0 Å². The maximum Gasteiger partial charge on any atom is 0.359 e. The van der Waals surface area contributed by atoms with Crippen LogP contribution in [0.25, 0.3) is 11.3 Å². The molecule has 1 aromatic carbocycles. The van der Waals surface area contributed by atoms with E-state index in [1.54, 1.807) is 34.3 Å². The molecule has 0 spiro atoms. The molecular formula is C24H29IN2O3S2. The largest absolute Gasteiger partial charge is 0.494 e. The van der Waals surface area contributed by atoms with E-state index in [0.29, 0.717) is 17.4 Å². The van der Waals surface area contributed by atoms with E-state index in [4.69, 9.17) is 12.8 Å². The SMILES string of the molecule is CCOc1cccc(-c2nc(Nc3cc(C(C)(C)C)sc3C(=O)OI)sc2CC(C)C)c1. The Morgan fingerprint density at radius 3 is 2.59 bits per heavy atom. The van der Waals surface area contributed by atoms with Crippen molar-refractivity contribution < 1.29 is 12.6 Å². The van der Waals surface area contributed by atoms with E-state index < -0.39 is 0 Å². The molecule has 0 saturated carbocycles. The number of ether oxygens (including phenoxy) is 1. The highest BCUT2D eigenvalue weighted by atomic mass is 127. The summed E-state index contributed by atoms with van der Waals surface area (Å²) in [4.78, 5) is 20.2. The van der Waals surface area contributed by atoms with E-state index in [0.717, 1.165) is 39.1 Å². The first-order valence-corrected chi connectivity index (χ1v) is 13.1. The van der Waals surface area contributed by atoms with E-state index in [2.05, 4.69) is 46.0 Å². The lowest BCUT2D eigenvalue weighted by atomic mass is 9.94. The van der Waals surface area contributed by atoms with E-state index in [-0.39, 0.29) is 11.4 Å². The van der Waals surface area contributed by atoms with E-state index in [1.165, 1.54) is 16.2 Å². The minimum Gasteiger partial charge on any atom is -0.494 e. The minimum absolute atomic E-state index is 0.0680. The van der Waals surface area contributed by atoms with Crippen molar-refractivity contribution >= 4 is 62.5 Å². The van der Waals surface area contributed by atoms with Crippen molar-refractivity contribution in [3.8, 4) is 17.0 Å². The van der Waals surface area contributed by atoms with Gasteiger partial charge in [-0.1, -0.05) is 46.8 Å². The molecule has 0 saturated heterocycles. The van der Waals surface area contributed by atoms with Crippen LogP contribution in [0, 0.1) is 5.92 Å². The highest BCUT2D eigenvalue weighted by molar-refractivity contribution is 14.1. The molecule has 3 aromatic rings. The summed E-state index contributed by atoms with van der Waals surface area (Å²) >= 11 is 4.73. The third-order valence-corrected chi connectivity index (χ3v) is 7.61. The summed E-state index contributed by atoms with van der Waals surface area (Å²) in [6.07, 6.45) is 0.924. The van der Waals surface area contributed by atoms with Crippen LogP contribution in [0.5, 0.6) is 5.75 Å². The summed E-state index contributed by atoms with van der Waals surface area (Å²) in [6, 6.07) is 10.1. The number of carbonyl (C=O) groups is 1. The van der Waals surface area contributed by atoms with Gasteiger partial charge < -0.3 is 13.1 Å². The van der Waals surface area contributed by atoms with Gasteiger partial charge in [0.2, 0.25) is 0 Å². The second-order valence-corrected chi connectivity index (χ2v) is 11.5. The number of nitrogens with zero attached hydrogens (tertiary/aromatic N) is 1. The topological polar surface area (TPSA) is 60.5 Å². The zero-order valence-corrected chi connectivity index (χ0v) is 23.0. The van der Waals surface area contributed by atoms with Crippen molar-refractivity contribution in [2.75, 3.05) is 11.9 Å². The number of carbonyl (C=O) groups excluding carboxylic acids is 1. The number of benzene rings is 1. The Hall–Kier alpha value is -1.65. The van der Waals surface area contributed by atoms with E-state index >= 15 is 0 Å². The molecule has 0 radical (unpaired) electrons. The maximum absolute atomic E-state index is 12.4. The molecule has 0 aliphatic carbocycles. The summed E-state index contributed by atoms with van der Waals surface area (Å²) in [7, 11) is 0. The number of thiazole rings is 1. The van der Waals surface area contributed by atoms with Crippen molar-refractivity contribution in [3.05, 3.63) is 45.0 Å². The van der Waals surface area contributed by atoms with Crippen LogP contribution in [0.1, 0.15) is 61.0 Å². The lowest BCUT2D eigenvalue weighted by molar-refractivity contribution is 0.0806. The van der Waals surface area contributed by atoms with E-state index in [9.17, 15) is 4.79 Å². The summed E-state index contributed by atoms with van der Waals surface area (Å²) in [6.45, 7) is 13.4. The molecule has 0 aliphatic rings. The maximum atomic E-state index is 12.4. The van der Waals surface area contributed by atoms with Crippen LogP contribution in [0.4, 0.5) is 10.8 Å². The molecule has 32 heavy (non-hydrogen) atoms. The first kappa shape index (κ1) is 25.0. The van der Waals surface area contributed by atoms with Gasteiger partial charge in [0.05, 0.1) is 18.0 Å². The summed E-state index contributed by atoms with van der Waals surface area (Å²) < 4.78 is 10.7. The lowest BCUT2D eigenvalue weighted by Crippen LogP contribution is -2.08. The van der Waals surface area contributed by atoms with Crippen LogP contribution in [0.2, 0.25) is 0 Å². The van der Waals surface area contributed by atoms with Gasteiger partial charge in [-0.25, -0.2) is 9.78 Å². The molecule has 172 valence electrons. The van der Waals surface area contributed by atoms with E-state index in [1.807, 2.05) is 31.2 Å². The Morgan fingerprint density at radius 2 is 1.97 bits per heavy atom. The number of hydrogen-bond donors (Lipinski definition) is 1. The van der Waals surface area contributed by atoms with Gasteiger partial charge >= 0.3 is 5.97 Å². The van der Waals surface area contributed by atoms with Gasteiger partial charge in [-0.05, 0) is 42.9 Å².